The number of amides is 2. The zero-order valence-corrected chi connectivity index (χ0v) is 11.6. The number of benzene rings is 1. The topological polar surface area (TPSA) is 65.2 Å². The van der Waals surface area contributed by atoms with Crippen LogP contribution in [0.25, 0.3) is 10.9 Å². The van der Waals surface area contributed by atoms with Gasteiger partial charge in [0.1, 0.15) is 17.6 Å². The van der Waals surface area contributed by atoms with Gasteiger partial charge in [0, 0.05) is 24.0 Å². The van der Waals surface area contributed by atoms with Crippen molar-refractivity contribution in [3.8, 4) is 0 Å². The predicted molar refractivity (Wildman–Crippen MR) is 76.4 cm³/mol. The molecule has 0 spiro atoms. The second-order valence-corrected chi connectivity index (χ2v) is 5.12. The van der Waals surface area contributed by atoms with Crippen LogP contribution in [0.1, 0.15) is 23.8 Å². The third-order valence-corrected chi connectivity index (χ3v) is 3.84. The number of carbonyl (C=O) groups is 2. The van der Waals surface area contributed by atoms with Crippen molar-refractivity contribution in [1.82, 2.24) is 15.2 Å². The molecule has 1 unspecified atom stereocenters. The molecule has 1 aromatic carbocycles. The number of carbonyl (C=O) groups excluding carboxylic acids is 2. The van der Waals surface area contributed by atoms with Gasteiger partial charge in [-0.3, -0.25) is 9.59 Å². The Labute approximate surface area is 121 Å². The summed E-state index contributed by atoms with van der Waals surface area (Å²) >= 11 is 0. The van der Waals surface area contributed by atoms with Gasteiger partial charge in [0.15, 0.2) is 0 Å². The quantitative estimate of drug-likeness (QED) is 0.902. The van der Waals surface area contributed by atoms with Gasteiger partial charge in [0.05, 0.1) is 0 Å². The van der Waals surface area contributed by atoms with E-state index in [1.807, 2.05) is 6.92 Å². The van der Waals surface area contributed by atoms with Crippen LogP contribution in [-0.4, -0.2) is 40.8 Å². The van der Waals surface area contributed by atoms with Crippen molar-refractivity contribution in [3.05, 3.63) is 35.8 Å². The Balaban J connectivity index is 1.78. The number of hydrogen-bond donors (Lipinski definition) is 2. The summed E-state index contributed by atoms with van der Waals surface area (Å²) < 4.78 is 13.6. The first-order valence-corrected chi connectivity index (χ1v) is 6.97. The summed E-state index contributed by atoms with van der Waals surface area (Å²) in [6.07, 6.45) is 0.604. The molecular formula is C15H16FN3O2. The molecule has 1 atom stereocenters. The molecule has 110 valence electrons. The molecule has 1 aliphatic heterocycles. The highest BCUT2D eigenvalue weighted by atomic mass is 19.1. The van der Waals surface area contributed by atoms with Gasteiger partial charge in [-0.1, -0.05) is 6.07 Å². The normalized spacial score (nSPS) is 18.5. The summed E-state index contributed by atoms with van der Waals surface area (Å²) in [5.41, 5.74) is 0.825. The molecule has 1 aromatic heterocycles. The van der Waals surface area contributed by atoms with Crippen LogP contribution in [0.15, 0.2) is 24.3 Å². The smallest absolute Gasteiger partial charge is 0.268 e. The van der Waals surface area contributed by atoms with E-state index in [-0.39, 0.29) is 23.3 Å². The first-order valence-electron chi connectivity index (χ1n) is 6.97. The van der Waals surface area contributed by atoms with Crippen LogP contribution >= 0.6 is 0 Å². The zero-order valence-electron chi connectivity index (χ0n) is 11.6. The fourth-order valence-electron chi connectivity index (χ4n) is 2.66. The first kappa shape index (κ1) is 13.6. The van der Waals surface area contributed by atoms with Crippen LogP contribution in [0.5, 0.6) is 0 Å². The minimum Gasteiger partial charge on any atom is -0.350 e. The number of aromatic nitrogens is 1. The largest absolute Gasteiger partial charge is 0.350 e. The Kier molecular flexibility index (Phi) is 3.37. The number of hydrogen-bond acceptors (Lipinski definition) is 2. The molecule has 2 amide bonds. The molecule has 6 heteroatoms. The van der Waals surface area contributed by atoms with E-state index in [0.717, 1.165) is 0 Å². The summed E-state index contributed by atoms with van der Waals surface area (Å²) in [5, 5.41) is 3.08. The van der Waals surface area contributed by atoms with Crippen LogP contribution in [0.3, 0.4) is 0 Å². The maximum atomic E-state index is 13.6. The Bertz CT molecular complexity index is 710. The lowest BCUT2D eigenvalue weighted by molar-refractivity contribution is -0.129. The molecule has 2 N–H and O–H groups in total. The summed E-state index contributed by atoms with van der Waals surface area (Å²) in [6.45, 7) is 3.20. The molecular weight excluding hydrogens is 273 g/mol. The minimum absolute atomic E-state index is 0.0619. The number of H-pyrrole nitrogens is 1. The van der Waals surface area contributed by atoms with Gasteiger partial charge in [0.2, 0.25) is 5.91 Å². The Morgan fingerprint density at radius 1 is 1.52 bits per heavy atom. The molecule has 2 heterocycles. The highest BCUT2D eigenvalue weighted by Gasteiger charge is 2.32. The molecule has 1 aliphatic rings. The van der Waals surface area contributed by atoms with E-state index in [0.29, 0.717) is 30.4 Å². The molecule has 0 bridgehead atoms. The molecule has 0 saturated carbocycles. The van der Waals surface area contributed by atoms with Gasteiger partial charge in [-0.2, -0.15) is 0 Å². The lowest BCUT2D eigenvalue weighted by Gasteiger charge is -2.14. The van der Waals surface area contributed by atoms with Crippen molar-refractivity contribution < 1.29 is 14.0 Å². The van der Waals surface area contributed by atoms with E-state index in [1.165, 1.54) is 12.1 Å². The third kappa shape index (κ3) is 2.37. The number of aromatic amines is 1. The maximum absolute atomic E-state index is 13.6. The van der Waals surface area contributed by atoms with E-state index in [9.17, 15) is 14.0 Å². The number of likely N-dealkylation sites (N-methyl/N-ethyl adjacent to an activating group) is 1. The summed E-state index contributed by atoms with van der Waals surface area (Å²) in [6, 6.07) is 5.60. The van der Waals surface area contributed by atoms with Gasteiger partial charge in [-0.25, -0.2) is 4.39 Å². The van der Waals surface area contributed by atoms with Crippen LogP contribution in [0, 0.1) is 5.82 Å². The SMILES string of the molecule is CCN1CCC(NC(=O)c2cc3c(F)cccc3[nH]2)C1=O. The highest BCUT2D eigenvalue weighted by Crippen LogP contribution is 2.19. The maximum Gasteiger partial charge on any atom is 0.268 e. The second kappa shape index (κ2) is 5.20. The fourth-order valence-corrected chi connectivity index (χ4v) is 2.66. The number of rotatable bonds is 3. The minimum atomic E-state index is -0.492. The van der Waals surface area contributed by atoms with Gasteiger partial charge >= 0.3 is 0 Å². The van der Waals surface area contributed by atoms with Crippen LogP contribution in [0.2, 0.25) is 0 Å². The number of likely N-dealkylation sites (tertiary alicyclic amines) is 1. The van der Waals surface area contributed by atoms with Crippen molar-refractivity contribution in [1.29, 1.82) is 0 Å². The summed E-state index contributed by atoms with van der Waals surface area (Å²) in [7, 11) is 0. The summed E-state index contributed by atoms with van der Waals surface area (Å²) in [5.74, 6) is -0.827. The van der Waals surface area contributed by atoms with Gasteiger partial charge in [0.25, 0.3) is 5.91 Å². The van der Waals surface area contributed by atoms with Crippen LogP contribution in [0.4, 0.5) is 4.39 Å². The van der Waals surface area contributed by atoms with Crippen molar-refractivity contribution in [3.63, 3.8) is 0 Å². The van der Waals surface area contributed by atoms with Crippen molar-refractivity contribution in [2.24, 2.45) is 0 Å². The van der Waals surface area contributed by atoms with Crippen LogP contribution < -0.4 is 5.32 Å². The van der Waals surface area contributed by atoms with E-state index in [4.69, 9.17) is 0 Å². The van der Waals surface area contributed by atoms with E-state index >= 15 is 0 Å². The average Bonchev–Trinajstić information content (AvgIpc) is 3.05. The molecule has 21 heavy (non-hydrogen) atoms. The van der Waals surface area contributed by atoms with Crippen molar-refractivity contribution in [2.45, 2.75) is 19.4 Å². The molecule has 2 aromatic rings. The van der Waals surface area contributed by atoms with Gasteiger partial charge < -0.3 is 15.2 Å². The number of nitrogens with one attached hydrogen (secondary N) is 2. The van der Waals surface area contributed by atoms with E-state index in [2.05, 4.69) is 10.3 Å². The number of fused-ring (bicyclic) bond motifs is 1. The molecule has 3 rings (SSSR count). The third-order valence-electron chi connectivity index (χ3n) is 3.84. The van der Waals surface area contributed by atoms with E-state index < -0.39 is 6.04 Å². The van der Waals surface area contributed by atoms with Crippen molar-refractivity contribution in [2.75, 3.05) is 13.1 Å². The molecule has 0 aliphatic carbocycles. The number of halogens is 1. The molecule has 1 saturated heterocycles. The number of nitrogens with zero attached hydrogens (tertiary/aromatic N) is 1. The van der Waals surface area contributed by atoms with Gasteiger partial charge in [-0.15, -0.1) is 0 Å². The van der Waals surface area contributed by atoms with E-state index in [1.54, 1.807) is 17.0 Å². The second-order valence-electron chi connectivity index (χ2n) is 5.12. The Morgan fingerprint density at radius 2 is 2.33 bits per heavy atom. The average molecular weight is 289 g/mol. The monoisotopic (exact) mass is 289 g/mol. The highest BCUT2D eigenvalue weighted by molar-refractivity contribution is 6.00. The van der Waals surface area contributed by atoms with Crippen LogP contribution in [-0.2, 0) is 4.79 Å². The predicted octanol–water partition coefficient (Wildman–Crippen LogP) is 1.66. The Hall–Kier alpha value is -2.37. The standard InChI is InChI=1S/C15H16FN3O2/c1-2-19-7-6-12(15(19)21)18-14(20)13-8-9-10(16)4-3-5-11(9)17-13/h3-5,8,12,17H,2,6-7H2,1H3,(H,18,20). The van der Waals surface area contributed by atoms with Gasteiger partial charge in [-0.05, 0) is 31.5 Å². The molecule has 1 fully saturated rings. The lowest BCUT2D eigenvalue weighted by Crippen LogP contribution is -2.41. The zero-order chi connectivity index (χ0) is 15.0. The summed E-state index contributed by atoms with van der Waals surface area (Å²) in [4.78, 5) is 28.7. The first-order chi connectivity index (χ1) is 10.1. The van der Waals surface area contributed by atoms with Crippen molar-refractivity contribution >= 4 is 22.7 Å². The lowest BCUT2D eigenvalue weighted by atomic mass is 10.2. The molecule has 5 nitrogen and oxygen atoms in total. The fraction of sp³-hybridized carbons (Fsp3) is 0.333. The molecule has 0 radical (unpaired) electrons. The Morgan fingerprint density at radius 3 is 3.00 bits per heavy atom.